The third-order valence-corrected chi connectivity index (χ3v) is 14.5. The van der Waals surface area contributed by atoms with Crippen LogP contribution in [0.2, 0.25) is 0 Å². The van der Waals surface area contributed by atoms with E-state index in [4.69, 9.17) is 26.2 Å². The molecule has 10 aromatic rings. The molecule has 4 aromatic heterocycles. The van der Waals surface area contributed by atoms with Crippen molar-refractivity contribution in [3.05, 3.63) is 191 Å². The zero-order chi connectivity index (χ0) is 103. The van der Waals surface area contributed by atoms with Crippen molar-refractivity contribution in [2.75, 3.05) is 0 Å². The number of hydrogen-bond donors (Lipinski definition) is 0. The molecule has 0 fully saturated rings. The molecule has 6 aromatic carbocycles. The molecular weight excluding hydrogens is 987 g/mol. The minimum Gasteiger partial charge on any atom is -0.458 e. The Hall–Kier alpha value is -7.31. The Morgan fingerprint density at radius 2 is 1.15 bits per heavy atom. The van der Waals surface area contributed by atoms with Crippen molar-refractivity contribution in [2.24, 2.45) is 0 Å². The summed E-state index contributed by atoms with van der Waals surface area (Å²) in [4.78, 5) is 8.91. The highest BCUT2D eigenvalue weighted by Gasteiger charge is 2.43. The van der Waals surface area contributed by atoms with Crippen LogP contribution in [0.3, 0.4) is 0 Å². The Bertz CT molecular complexity index is 6280. The molecule has 3 aliphatic carbocycles. The van der Waals surface area contributed by atoms with Gasteiger partial charge in [-0.05, 0) is 175 Å². The number of pyridine rings is 2. The van der Waals surface area contributed by atoms with E-state index in [9.17, 15) is 57.6 Å². The van der Waals surface area contributed by atoms with Crippen LogP contribution >= 0.6 is 0 Å². The number of hydrogen-bond acceptors (Lipinski definition) is 3. The Kier molecular flexibility index (Phi) is 4.46. The maximum absolute atomic E-state index is 10.7. The van der Waals surface area contributed by atoms with Crippen LogP contribution < -0.4 is 9.30 Å². The third kappa shape index (κ3) is 8.67. The second-order valence-electron chi connectivity index (χ2n) is 21.2. The molecule has 0 atom stereocenters. The largest absolute Gasteiger partial charge is 0.458 e. The highest BCUT2D eigenvalue weighted by Crippen LogP contribution is 2.52. The monoisotopic (exact) mass is 1120 g/mol. The second kappa shape index (κ2) is 18.1. The van der Waals surface area contributed by atoms with E-state index in [0.29, 0.717) is 56.6 Å². The molecule has 412 valence electrons. The Morgan fingerprint density at radius 1 is 0.568 bits per heavy atom. The summed E-state index contributed by atoms with van der Waals surface area (Å²) in [5.74, 6) is 0.0599. The standard InChI is InChI=1S/C75H81N5O/c1-69(2,3)49-32-39-76-64(42-49)80-61-25-17-16-22-55(61)56-29-28-52(44-62(56)80)81-51-21-18-20-50(43-51)78-46-79(67-63(78)45-77-68-65(67)74(12,13)37-38-75(68,14)15)66-53(47-26-30-57-59(40-47)72(8,9)35-33-70(57,4)5)23-19-24-54(66)48-27-31-58-60(41-48)73(10,11)36-34-71(58,6)7/h16-32,39-45H,33-38H2,1-15H3/i4D3,5D3,6D3,7D3,8D3,9D3,10D3,11D3,12D3,13D3,14D3,15D3,26D,27D,30D,31D,33D2,34D2,35D2,36D2,37D2,38D2,40D,41D. The number of nitrogens with zero attached hydrogens (tertiary/aromatic N) is 5. The lowest BCUT2D eigenvalue weighted by Gasteiger charge is -2.42. The number of benzene rings is 6. The zero-order valence-corrected chi connectivity index (χ0v) is 43.0. The first-order chi connectivity index (χ1) is 60.4. The van der Waals surface area contributed by atoms with E-state index in [0.717, 1.165) is 17.7 Å². The summed E-state index contributed by atoms with van der Waals surface area (Å²) in [6, 6.07) is 8.56. The molecule has 4 heterocycles. The maximum Gasteiger partial charge on any atom is 0.269 e. The van der Waals surface area contributed by atoms with Gasteiger partial charge in [-0.1, -0.05) is 182 Å². The van der Waals surface area contributed by atoms with E-state index in [1.807, 2.05) is 39.0 Å². The van der Waals surface area contributed by atoms with Gasteiger partial charge in [0.25, 0.3) is 6.33 Å². The highest BCUT2D eigenvalue weighted by atomic mass is 16.5. The number of ether oxygens (including phenoxy) is 1. The molecule has 0 saturated carbocycles. The zero-order valence-electron chi connectivity index (χ0n) is 97.0. The van der Waals surface area contributed by atoms with E-state index in [1.165, 1.54) is 18.2 Å². The van der Waals surface area contributed by atoms with Crippen LogP contribution in [0.25, 0.3) is 72.3 Å². The molecule has 0 spiro atoms. The number of rotatable bonds is 7. The molecule has 0 unspecified atom stereocenters. The molecule has 0 saturated heterocycles. The first kappa shape index (κ1) is 20.0. The molecular formula is C75H81N5O. The molecule has 3 aliphatic rings. The fourth-order valence-electron chi connectivity index (χ4n) is 10.5. The van der Waals surface area contributed by atoms with Gasteiger partial charge in [-0.15, -0.1) is 0 Å². The lowest BCUT2D eigenvalue weighted by atomic mass is 9.62. The summed E-state index contributed by atoms with van der Waals surface area (Å²) in [5.41, 5.74) is -53.7. The number of aromatic nitrogens is 5. The molecule has 0 radical (unpaired) electrons. The first-order valence-corrected chi connectivity index (χ1v) is 25.0. The second-order valence-corrected chi connectivity index (χ2v) is 21.2. The highest BCUT2D eigenvalue weighted by molar-refractivity contribution is 6.09. The predicted octanol–water partition coefficient (Wildman–Crippen LogP) is 19.1. The quantitative estimate of drug-likeness (QED) is 0.118. The summed E-state index contributed by atoms with van der Waals surface area (Å²) in [7, 11) is 0. The van der Waals surface area contributed by atoms with Crippen molar-refractivity contribution in [3.8, 4) is 50.9 Å². The lowest BCUT2D eigenvalue weighted by molar-refractivity contribution is -0.571. The molecule has 0 N–H and O–H groups in total. The molecule has 6 nitrogen and oxygen atoms in total. The van der Waals surface area contributed by atoms with Crippen LogP contribution in [-0.4, -0.2) is 19.1 Å². The minimum atomic E-state index is -5.19. The van der Waals surface area contributed by atoms with E-state index < -0.39 is 273 Å². The lowest BCUT2D eigenvalue weighted by Crippen LogP contribution is -2.39. The van der Waals surface area contributed by atoms with Crippen molar-refractivity contribution in [1.29, 1.82) is 0 Å². The van der Waals surface area contributed by atoms with Gasteiger partial charge in [0.2, 0.25) is 0 Å². The van der Waals surface area contributed by atoms with Gasteiger partial charge < -0.3 is 4.74 Å². The average Bonchev–Trinajstić information content (AvgIpc) is 1.24. The van der Waals surface area contributed by atoms with Crippen LogP contribution in [0, 0.1) is 6.33 Å². The molecule has 0 bridgehead atoms. The summed E-state index contributed by atoms with van der Waals surface area (Å²) in [6.45, 7) is -52.3. The topological polar surface area (TPSA) is 48.8 Å². The normalized spacial score (nSPS) is 33.8. The van der Waals surface area contributed by atoms with Gasteiger partial charge in [0.15, 0.2) is 0 Å². The van der Waals surface area contributed by atoms with Gasteiger partial charge in [-0.25, -0.2) is 4.98 Å². The predicted molar refractivity (Wildman–Crippen MR) is 336 cm³/mol. The Balaban J connectivity index is 1.37. The minimum absolute atomic E-state index is 0.0310. The van der Waals surface area contributed by atoms with Crippen LogP contribution in [0.5, 0.6) is 11.5 Å². The summed E-state index contributed by atoms with van der Waals surface area (Å²) in [6.07, 6.45) is -26.2. The number of imidazole rings is 1. The average molecular weight is 1120 g/mol. The summed E-state index contributed by atoms with van der Waals surface area (Å²) in [5, 5.41) is 1.32. The summed E-state index contributed by atoms with van der Waals surface area (Å²) >= 11 is 0. The Labute approximate surface area is 557 Å². The van der Waals surface area contributed by atoms with Crippen LogP contribution in [0.15, 0.2) is 146 Å². The smallest absolute Gasteiger partial charge is 0.269 e. The number of para-hydroxylation sites is 2. The van der Waals surface area contributed by atoms with Gasteiger partial charge in [0.05, 0.1) is 41.7 Å². The van der Waals surface area contributed by atoms with Crippen LogP contribution in [0.1, 0.15) is 254 Å². The van der Waals surface area contributed by atoms with Crippen LogP contribution in [0.4, 0.5) is 0 Å². The van der Waals surface area contributed by atoms with Crippen molar-refractivity contribution in [3.63, 3.8) is 0 Å². The maximum atomic E-state index is 10.7. The molecule has 6 heteroatoms. The molecule has 81 heavy (non-hydrogen) atoms. The summed E-state index contributed by atoms with van der Waals surface area (Å²) < 4.78 is 521. The molecule has 0 aliphatic heterocycles. The van der Waals surface area contributed by atoms with E-state index in [1.54, 1.807) is 41.1 Å². The molecule has 0 amide bonds. The van der Waals surface area contributed by atoms with Crippen molar-refractivity contribution >= 4 is 32.8 Å². The van der Waals surface area contributed by atoms with Gasteiger partial charge in [-0.2, -0.15) is 0 Å². The van der Waals surface area contributed by atoms with Crippen LogP contribution in [-0.2, 0) is 37.9 Å². The Morgan fingerprint density at radius 3 is 1.79 bits per heavy atom. The van der Waals surface area contributed by atoms with Gasteiger partial charge in [0.1, 0.15) is 17.3 Å². The fraction of sp³-hybridized carbons (Fsp3) is 0.373. The molecule has 13 rings (SSSR count). The van der Waals surface area contributed by atoms with E-state index in [-0.39, 0.29) is 16.1 Å². The van der Waals surface area contributed by atoms with Crippen molar-refractivity contribution in [1.82, 2.24) is 19.1 Å². The van der Waals surface area contributed by atoms with E-state index >= 15 is 0 Å². The van der Waals surface area contributed by atoms with Gasteiger partial charge in [-0.3, -0.25) is 18.7 Å². The number of fused-ring (bicyclic) bond motifs is 8. The van der Waals surface area contributed by atoms with Crippen molar-refractivity contribution < 1.29 is 83.3 Å². The SMILES string of the molecule is [2H]c1c([2H])c2c(c([2H])c1-c1cccc(-c3c([2H])c([2H])c4c(c3[2H])C(C([2H])([2H])[2H])(C([2H])([2H])[2H])C([2H])([2H])C([2H])([2H])C4(C([2H])([2H])[2H])C([2H])([2H])[2H])c1-[n+]1[c-]n(-c3cccc(Oc4ccc5c6ccccc6n(-c6cc(C(C)(C)C)ccn6)c5c4)c3)c3cnc4c(c31)C(C([2H])([2H])[2H])(C([2H])([2H])[2H])C([2H])([2H])C([2H])([2H])C4(C([2H])([2H])[2H])C([2H])([2H])[2H])C(C([2H])([2H])[2H])(C([2H])([2H])[2H])C([2H])([2H])C([2H])([2H])C2(C([2H])([2H])[2H])C([2H])([2H])[2H]. The van der Waals surface area contributed by atoms with Crippen molar-refractivity contribution in [2.45, 2.75) is 179 Å². The fourth-order valence-corrected chi connectivity index (χ4v) is 10.5. The van der Waals surface area contributed by atoms with Gasteiger partial charge >= 0.3 is 0 Å². The van der Waals surface area contributed by atoms with Gasteiger partial charge in [0, 0.05) is 106 Å². The third-order valence-electron chi connectivity index (χ3n) is 14.5. The first-order valence-electron chi connectivity index (χ1n) is 52.0. The van der Waals surface area contributed by atoms with E-state index in [2.05, 4.69) is 11.3 Å².